The zero-order chi connectivity index (χ0) is 9.97. The fraction of sp³-hybridized carbons (Fsp3) is 0.200. The van der Waals surface area contributed by atoms with E-state index in [-0.39, 0.29) is 18.4 Å². The minimum Gasteiger partial charge on any atom is -0.419 e. The molecule has 0 saturated heterocycles. The van der Waals surface area contributed by atoms with E-state index in [1.807, 2.05) is 37.3 Å². The summed E-state index contributed by atoms with van der Waals surface area (Å²) in [6.45, 7) is 1.81. The summed E-state index contributed by atoms with van der Waals surface area (Å²) in [5.41, 5.74) is 6.52. The zero-order valence-electron chi connectivity index (χ0n) is 8.25. The van der Waals surface area contributed by atoms with E-state index in [9.17, 15) is 0 Å². The van der Waals surface area contributed by atoms with Crippen LogP contribution in [0.5, 0.6) is 0 Å². The van der Waals surface area contributed by atoms with Crippen LogP contribution in [-0.2, 0) is 0 Å². The number of hydrogen-bond acceptors (Lipinski definition) is 4. The van der Waals surface area contributed by atoms with Crippen molar-refractivity contribution >= 4 is 12.4 Å². The summed E-state index contributed by atoms with van der Waals surface area (Å²) in [7, 11) is 0. The van der Waals surface area contributed by atoms with Crippen LogP contribution in [0.1, 0.15) is 18.9 Å². The van der Waals surface area contributed by atoms with Crippen LogP contribution in [0.15, 0.2) is 34.7 Å². The molecule has 1 aromatic carbocycles. The molecule has 0 fully saturated rings. The molecule has 0 spiro atoms. The maximum atomic E-state index is 5.61. The Balaban J connectivity index is 0.00000112. The molecule has 2 aromatic rings. The number of halogens is 1. The smallest absolute Gasteiger partial charge is 0.247 e. The second kappa shape index (κ2) is 4.91. The van der Waals surface area contributed by atoms with E-state index in [0.29, 0.717) is 11.8 Å². The van der Waals surface area contributed by atoms with Gasteiger partial charge in [-0.05, 0) is 19.1 Å². The highest BCUT2D eigenvalue weighted by Crippen LogP contribution is 2.18. The Labute approximate surface area is 93.9 Å². The molecule has 2 N–H and O–H groups in total. The lowest BCUT2D eigenvalue weighted by Gasteiger charge is -1.95. The van der Waals surface area contributed by atoms with Crippen LogP contribution in [0, 0.1) is 0 Å². The second-order valence-corrected chi connectivity index (χ2v) is 3.10. The maximum absolute atomic E-state index is 5.61. The fourth-order valence-electron chi connectivity index (χ4n) is 1.12. The highest BCUT2D eigenvalue weighted by atomic mass is 35.5. The van der Waals surface area contributed by atoms with Gasteiger partial charge in [0.25, 0.3) is 0 Å². The Bertz CT molecular complexity index is 414. The van der Waals surface area contributed by atoms with Crippen molar-refractivity contribution in [1.82, 2.24) is 10.2 Å². The zero-order valence-corrected chi connectivity index (χ0v) is 9.07. The average molecular weight is 226 g/mol. The molecule has 80 valence electrons. The Morgan fingerprint density at radius 2 is 1.87 bits per heavy atom. The third kappa shape index (κ3) is 2.55. The minimum absolute atomic E-state index is 0. The summed E-state index contributed by atoms with van der Waals surface area (Å²) in [4.78, 5) is 0. The third-order valence-corrected chi connectivity index (χ3v) is 1.85. The van der Waals surface area contributed by atoms with Gasteiger partial charge >= 0.3 is 0 Å². The average Bonchev–Trinajstić information content (AvgIpc) is 2.68. The summed E-state index contributed by atoms with van der Waals surface area (Å²) in [6.07, 6.45) is 0. The van der Waals surface area contributed by atoms with Gasteiger partial charge in [0.15, 0.2) is 0 Å². The van der Waals surface area contributed by atoms with E-state index >= 15 is 0 Å². The number of aromatic nitrogens is 2. The van der Waals surface area contributed by atoms with Gasteiger partial charge in [-0.25, -0.2) is 0 Å². The lowest BCUT2D eigenvalue weighted by atomic mass is 10.2. The lowest BCUT2D eigenvalue weighted by molar-refractivity contribution is 0.473. The molecule has 1 aromatic heterocycles. The van der Waals surface area contributed by atoms with E-state index in [1.165, 1.54) is 0 Å². The highest BCUT2D eigenvalue weighted by molar-refractivity contribution is 5.85. The predicted octanol–water partition coefficient (Wildman–Crippen LogP) is 2.18. The number of rotatable bonds is 2. The normalized spacial score (nSPS) is 11.9. The topological polar surface area (TPSA) is 64.9 Å². The van der Waals surface area contributed by atoms with Gasteiger partial charge in [0.2, 0.25) is 11.8 Å². The van der Waals surface area contributed by atoms with Gasteiger partial charge < -0.3 is 10.2 Å². The van der Waals surface area contributed by atoms with Crippen LogP contribution >= 0.6 is 12.4 Å². The minimum atomic E-state index is -0.222. The van der Waals surface area contributed by atoms with Crippen molar-refractivity contribution in [3.8, 4) is 11.5 Å². The van der Waals surface area contributed by atoms with Crippen molar-refractivity contribution in [2.75, 3.05) is 0 Å². The Hall–Kier alpha value is -1.39. The molecule has 0 aliphatic heterocycles. The second-order valence-electron chi connectivity index (χ2n) is 3.10. The van der Waals surface area contributed by atoms with E-state index in [0.717, 1.165) is 5.56 Å². The number of benzene rings is 1. The molecule has 0 radical (unpaired) electrons. The first kappa shape index (κ1) is 11.7. The Morgan fingerprint density at radius 3 is 2.40 bits per heavy atom. The highest BCUT2D eigenvalue weighted by Gasteiger charge is 2.10. The van der Waals surface area contributed by atoms with Crippen molar-refractivity contribution in [3.63, 3.8) is 0 Å². The predicted molar refractivity (Wildman–Crippen MR) is 59.6 cm³/mol. The molecule has 5 heteroatoms. The molecule has 0 saturated carbocycles. The van der Waals surface area contributed by atoms with Crippen LogP contribution in [0.25, 0.3) is 11.5 Å². The molecule has 0 bridgehead atoms. The summed E-state index contributed by atoms with van der Waals surface area (Å²) >= 11 is 0. The van der Waals surface area contributed by atoms with Crippen LogP contribution in [0.2, 0.25) is 0 Å². The molecule has 1 atom stereocenters. The lowest BCUT2D eigenvalue weighted by Crippen LogP contribution is -2.04. The van der Waals surface area contributed by atoms with Gasteiger partial charge in [-0.1, -0.05) is 18.2 Å². The first-order chi connectivity index (χ1) is 6.77. The third-order valence-electron chi connectivity index (χ3n) is 1.85. The van der Waals surface area contributed by atoms with Gasteiger partial charge in [-0.3, -0.25) is 0 Å². The van der Waals surface area contributed by atoms with Crippen LogP contribution in [0.3, 0.4) is 0 Å². The summed E-state index contributed by atoms with van der Waals surface area (Å²) in [5.74, 6) is 0.974. The summed E-state index contributed by atoms with van der Waals surface area (Å²) < 4.78 is 5.38. The quantitative estimate of drug-likeness (QED) is 0.851. The van der Waals surface area contributed by atoms with Crippen molar-refractivity contribution in [3.05, 3.63) is 36.2 Å². The van der Waals surface area contributed by atoms with Gasteiger partial charge in [0, 0.05) is 5.56 Å². The monoisotopic (exact) mass is 225 g/mol. The molecule has 0 aliphatic carbocycles. The molecular formula is C10H12ClN3O. The van der Waals surface area contributed by atoms with E-state index in [4.69, 9.17) is 10.2 Å². The molecule has 15 heavy (non-hydrogen) atoms. The van der Waals surface area contributed by atoms with E-state index < -0.39 is 0 Å². The molecular weight excluding hydrogens is 214 g/mol. The Kier molecular flexibility index (Phi) is 3.82. The molecule has 4 nitrogen and oxygen atoms in total. The van der Waals surface area contributed by atoms with Gasteiger partial charge in [-0.2, -0.15) is 0 Å². The van der Waals surface area contributed by atoms with Crippen LogP contribution in [-0.4, -0.2) is 10.2 Å². The largest absolute Gasteiger partial charge is 0.419 e. The van der Waals surface area contributed by atoms with Crippen molar-refractivity contribution in [2.45, 2.75) is 13.0 Å². The Morgan fingerprint density at radius 1 is 1.20 bits per heavy atom. The van der Waals surface area contributed by atoms with E-state index in [1.54, 1.807) is 0 Å². The van der Waals surface area contributed by atoms with Crippen molar-refractivity contribution < 1.29 is 4.42 Å². The molecule has 1 heterocycles. The number of nitrogens with two attached hydrogens (primary N) is 1. The first-order valence-corrected chi connectivity index (χ1v) is 4.42. The van der Waals surface area contributed by atoms with Gasteiger partial charge in [-0.15, -0.1) is 22.6 Å². The van der Waals surface area contributed by atoms with Gasteiger partial charge in [0.1, 0.15) is 0 Å². The SMILES string of the molecule is C[C@H](N)c1nnc(-c2ccccc2)o1.Cl. The van der Waals surface area contributed by atoms with E-state index in [2.05, 4.69) is 10.2 Å². The summed E-state index contributed by atoms with van der Waals surface area (Å²) in [5, 5.41) is 7.76. The number of hydrogen-bond donors (Lipinski definition) is 1. The summed E-state index contributed by atoms with van der Waals surface area (Å²) in [6, 6.07) is 9.39. The van der Waals surface area contributed by atoms with Crippen molar-refractivity contribution in [2.24, 2.45) is 5.73 Å². The van der Waals surface area contributed by atoms with Crippen LogP contribution < -0.4 is 5.73 Å². The first-order valence-electron chi connectivity index (χ1n) is 4.42. The molecule has 2 rings (SSSR count). The fourth-order valence-corrected chi connectivity index (χ4v) is 1.12. The molecule has 0 unspecified atom stereocenters. The number of nitrogens with zero attached hydrogens (tertiary/aromatic N) is 2. The molecule has 0 aliphatic rings. The van der Waals surface area contributed by atoms with Gasteiger partial charge in [0.05, 0.1) is 6.04 Å². The molecule has 0 amide bonds. The standard InChI is InChI=1S/C10H11N3O.ClH/c1-7(11)9-12-13-10(14-9)8-5-3-2-4-6-8;/h2-7H,11H2,1H3;1H/t7-;/m0./s1. The van der Waals surface area contributed by atoms with Crippen LogP contribution in [0.4, 0.5) is 0 Å². The van der Waals surface area contributed by atoms with Crippen molar-refractivity contribution in [1.29, 1.82) is 0 Å². The maximum Gasteiger partial charge on any atom is 0.247 e.